The number of carbonyl (C=O) groups is 1. The van der Waals surface area contributed by atoms with Crippen molar-refractivity contribution in [1.29, 1.82) is 0 Å². The van der Waals surface area contributed by atoms with Gasteiger partial charge in [-0.3, -0.25) is 9.59 Å². The van der Waals surface area contributed by atoms with E-state index in [9.17, 15) is 14.7 Å². The van der Waals surface area contributed by atoms with Crippen LogP contribution in [0.4, 0.5) is 0 Å². The van der Waals surface area contributed by atoms with Crippen molar-refractivity contribution in [3.8, 4) is 5.75 Å². The molecule has 27 heavy (non-hydrogen) atoms. The number of fused-ring (bicyclic) bond motifs is 1. The van der Waals surface area contributed by atoms with Crippen LogP contribution < -0.4 is 15.5 Å². The van der Waals surface area contributed by atoms with Crippen LogP contribution in [0, 0.1) is 0 Å². The van der Waals surface area contributed by atoms with Crippen molar-refractivity contribution in [3.63, 3.8) is 0 Å². The van der Waals surface area contributed by atoms with Gasteiger partial charge in [-0.15, -0.1) is 0 Å². The van der Waals surface area contributed by atoms with Crippen molar-refractivity contribution in [2.24, 2.45) is 0 Å². The summed E-state index contributed by atoms with van der Waals surface area (Å²) in [5.74, 6) is 0.0141. The van der Waals surface area contributed by atoms with Crippen LogP contribution in [0.1, 0.15) is 62.4 Å². The molecular formula is C21H27NO5. The lowest BCUT2D eigenvalue weighted by molar-refractivity contribution is -0.0124. The highest BCUT2D eigenvalue weighted by atomic mass is 16.5. The quantitative estimate of drug-likeness (QED) is 0.810. The molecule has 1 aromatic heterocycles. The summed E-state index contributed by atoms with van der Waals surface area (Å²) in [5, 5.41) is 13.9. The topological polar surface area (TPSA) is 88.8 Å². The SMILES string of the molecule is CCCCC1(O)CCC(NC(=O)c2cc(=O)c3c(OC)cccc3o2)CC1. The number of benzene rings is 1. The molecule has 2 aromatic rings. The lowest BCUT2D eigenvalue weighted by atomic mass is 9.79. The van der Waals surface area contributed by atoms with Gasteiger partial charge in [-0.05, 0) is 44.2 Å². The van der Waals surface area contributed by atoms with E-state index in [1.165, 1.54) is 13.2 Å². The molecule has 1 aliphatic carbocycles. The van der Waals surface area contributed by atoms with Gasteiger partial charge < -0.3 is 19.6 Å². The smallest absolute Gasteiger partial charge is 0.287 e. The van der Waals surface area contributed by atoms with Gasteiger partial charge in [-0.2, -0.15) is 0 Å². The molecule has 0 saturated heterocycles. The summed E-state index contributed by atoms with van der Waals surface area (Å²) in [7, 11) is 1.49. The molecule has 0 unspecified atom stereocenters. The standard InChI is InChI=1S/C21H27NO5/c1-3-4-10-21(25)11-8-14(9-12-21)22-20(24)18-13-15(23)19-16(26-2)6-5-7-17(19)27-18/h5-7,13-14,25H,3-4,8-12H2,1-2H3,(H,22,24). The van der Waals surface area contributed by atoms with Gasteiger partial charge in [-0.25, -0.2) is 0 Å². The summed E-state index contributed by atoms with van der Waals surface area (Å²) in [6.07, 6.45) is 5.68. The summed E-state index contributed by atoms with van der Waals surface area (Å²) >= 11 is 0. The van der Waals surface area contributed by atoms with E-state index in [1.54, 1.807) is 18.2 Å². The first-order valence-electron chi connectivity index (χ1n) is 9.60. The average molecular weight is 373 g/mol. The third-order valence-electron chi connectivity index (χ3n) is 5.41. The zero-order valence-electron chi connectivity index (χ0n) is 15.9. The van der Waals surface area contributed by atoms with Gasteiger partial charge in [0.2, 0.25) is 0 Å². The molecule has 146 valence electrons. The van der Waals surface area contributed by atoms with E-state index in [1.807, 2.05) is 0 Å². The minimum absolute atomic E-state index is 0.00688. The van der Waals surface area contributed by atoms with Gasteiger partial charge in [0.1, 0.15) is 16.7 Å². The Kier molecular flexibility index (Phi) is 5.85. The monoisotopic (exact) mass is 373 g/mol. The first-order valence-corrected chi connectivity index (χ1v) is 9.60. The largest absolute Gasteiger partial charge is 0.496 e. The normalized spacial score (nSPS) is 22.6. The minimum atomic E-state index is -0.608. The maximum atomic E-state index is 12.6. The highest BCUT2D eigenvalue weighted by Gasteiger charge is 2.33. The molecular weight excluding hydrogens is 346 g/mol. The number of ether oxygens (including phenoxy) is 1. The van der Waals surface area contributed by atoms with Crippen LogP contribution in [0.25, 0.3) is 11.0 Å². The molecule has 0 spiro atoms. The maximum Gasteiger partial charge on any atom is 0.287 e. The second kappa shape index (κ2) is 8.13. The van der Waals surface area contributed by atoms with Crippen LogP contribution in [-0.4, -0.2) is 29.8 Å². The Morgan fingerprint density at radius 3 is 2.78 bits per heavy atom. The summed E-state index contributed by atoms with van der Waals surface area (Å²) < 4.78 is 10.8. The molecule has 3 rings (SSSR count). The van der Waals surface area contributed by atoms with E-state index in [4.69, 9.17) is 9.15 Å². The Morgan fingerprint density at radius 1 is 1.37 bits per heavy atom. The Balaban J connectivity index is 1.70. The van der Waals surface area contributed by atoms with E-state index >= 15 is 0 Å². The van der Waals surface area contributed by atoms with Crippen molar-refractivity contribution in [2.45, 2.75) is 63.5 Å². The third kappa shape index (κ3) is 4.33. The molecule has 0 atom stereocenters. The zero-order chi connectivity index (χ0) is 19.4. The molecule has 2 N–H and O–H groups in total. The lowest BCUT2D eigenvalue weighted by Gasteiger charge is -2.36. The highest BCUT2D eigenvalue weighted by molar-refractivity contribution is 5.94. The number of nitrogens with one attached hydrogen (secondary N) is 1. The van der Waals surface area contributed by atoms with Crippen LogP contribution in [0.5, 0.6) is 5.75 Å². The number of carbonyl (C=O) groups excluding carboxylic acids is 1. The van der Waals surface area contributed by atoms with Gasteiger partial charge in [-0.1, -0.05) is 25.8 Å². The lowest BCUT2D eigenvalue weighted by Crippen LogP contribution is -2.43. The fourth-order valence-corrected chi connectivity index (χ4v) is 3.77. The second-order valence-corrected chi connectivity index (χ2v) is 7.38. The molecule has 0 bridgehead atoms. The van der Waals surface area contributed by atoms with Crippen LogP contribution >= 0.6 is 0 Å². The zero-order valence-corrected chi connectivity index (χ0v) is 15.9. The van der Waals surface area contributed by atoms with Gasteiger partial charge >= 0.3 is 0 Å². The molecule has 1 aromatic carbocycles. The number of unbranched alkanes of at least 4 members (excludes halogenated alkanes) is 1. The van der Waals surface area contributed by atoms with Crippen molar-refractivity contribution >= 4 is 16.9 Å². The number of aliphatic hydroxyl groups is 1. The number of hydrogen-bond donors (Lipinski definition) is 2. The van der Waals surface area contributed by atoms with Crippen molar-refractivity contribution in [1.82, 2.24) is 5.32 Å². The van der Waals surface area contributed by atoms with E-state index in [2.05, 4.69) is 12.2 Å². The molecule has 1 saturated carbocycles. The molecule has 0 radical (unpaired) electrons. The van der Waals surface area contributed by atoms with Gasteiger partial charge in [0.25, 0.3) is 5.91 Å². The fourth-order valence-electron chi connectivity index (χ4n) is 3.77. The highest BCUT2D eigenvalue weighted by Crippen LogP contribution is 2.32. The van der Waals surface area contributed by atoms with E-state index in [0.717, 1.165) is 32.1 Å². The van der Waals surface area contributed by atoms with E-state index in [0.29, 0.717) is 29.6 Å². The Hall–Kier alpha value is -2.34. The molecule has 1 fully saturated rings. The molecule has 1 amide bonds. The Labute approximate surface area is 158 Å². The number of rotatable bonds is 6. The van der Waals surface area contributed by atoms with Crippen molar-refractivity contribution in [3.05, 3.63) is 40.2 Å². The maximum absolute atomic E-state index is 12.6. The van der Waals surface area contributed by atoms with Crippen LogP contribution in [0.3, 0.4) is 0 Å². The molecule has 6 nitrogen and oxygen atoms in total. The van der Waals surface area contributed by atoms with E-state index < -0.39 is 11.5 Å². The summed E-state index contributed by atoms with van der Waals surface area (Å²) in [6.45, 7) is 2.11. The fraction of sp³-hybridized carbons (Fsp3) is 0.524. The minimum Gasteiger partial charge on any atom is -0.496 e. The van der Waals surface area contributed by atoms with Crippen LogP contribution in [0.2, 0.25) is 0 Å². The Bertz CT molecular complexity index is 864. The van der Waals surface area contributed by atoms with Crippen LogP contribution in [0.15, 0.2) is 33.5 Å². The molecule has 1 heterocycles. The molecule has 0 aliphatic heterocycles. The first-order chi connectivity index (χ1) is 13.0. The predicted octanol–water partition coefficient (Wildman–Crippen LogP) is 3.40. The molecule has 1 aliphatic rings. The number of amides is 1. The average Bonchev–Trinajstić information content (AvgIpc) is 2.67. The predicted molar refractivity (Wildman–Crippen MR) is 103 cm³/mol. The molecule has 6 heteroatoms. The third-order valence-corrected chi connectivity index (χ3v) is 5.41. The first kappa shape index (κ1) is 19.4. The van der Waals surface area contributed by atoms with Crippen LogP contribution in [-0.2, 0) is 0 Å². The van der Waals surface area contributed by atoms with Crippen molar-refractivity contribution < 1.29 is 19.1 Å². The van der Waals surface area contributed by atoms with Gasteiger partial charge in [0.15, 0.2) is 11.2 Å². The van der Waals surface area contributed by atoms with Gasteiger partial charge in [0, 0.05) is 12.1 Å². The number of methoxy groups -OCH3 is 1. The second-order valence-electron chi connectivity index (χ2n) is 7.38. The van der Waals surface area contributed by atoms with Crippen molar-refractivity contribution in [2.75, 3.05) is 7.11 Å². The number of hydrogen-bond acceptors (Lipinski definition) is 5. The van der Waals surface area contributed by atoms with E-state index in [-0.39, 0.29) is 17.2 Å². The summed E-state index contributed by atoms with van der Waals surface area (Å²) in [5.41, 5.74) is -0.593. The summed E-state index contributed by atoms with van der Waals surface area (Å²) in [4.78, 5) is 25.0. The Morgan fingerprint density at radius 2 is 2.11 bits per heavy atom. The van der Waals surface area contributed by atoms with Gasteiger partial charge in [0.05, 0.1) is 12.7 Å². The summed E-state index contributed by atoms with van der Waals surface area (Å²) in [6, 6.07) is 6.22.